The molecule has 0 aliphatic carbocycles. The van der Waals surface area contributed by atoms with E-state index in [0.717, 1.165) is 17.1 Å². The summed E-state index contributed by atoms with van der Waals surface area (Å²) < 4.78 is 0. The number of anilines is 3. The Morgan fingerprint density at radius 2 is 0.436 bits per heavy atom. The van der Waals surface area contributed by atoms with Gasteiger partial charge in [0.25, 0.3) is 0 Å². The van der Waals surface area contributed by atoms with E-state index in [1.165, 1.54) is 33.4 Å². The molecule has 0 saturated carbocycles. The number of nitrogen functional groups attached to an aromatic ring is 3. The number of hydrogen-bond donors (Lipinski definition) is 3. The summed E-state index contributed by atoms with van der Waals surface area (Å²) in [7, 11) is 0. The Labute approximate surface area is 236 Å². The standard InChI is InChI=1S/C8H10.3C7H9N.C7H8/c1-7-3-5-8(2)6-4-7;3*1-6-2-4-7(8)5-3-6;1-7-5-3-2-4-6-7/h3-6H,1-2H3;3*2-5H,8H2,1H3;2-6H,1H3. The van der Waals surface area contributed by atoms with Gasteiger partial charge < -0.3 is 17.2 Å². The first kappa shape index (κ1) is 32.5. The van der Waals surface area contributed by atoms with Crippen LogP contribution in [0, 0.1) is 41.5 Å². The van der Waals surface area contributed by atoms with Crippen LogP contribution >= 0.6 is 0 Å². The van der Waals surface area contributed by atoms with Crippen molar-refractivity contribution in [1.82, 2.24) is 0 Å². The van der Waals surface area contributed by atoms with Crippen LogP contribution in [0.5, 0.6) is 0 Å². The Kier molecular flexibility index (Phi) is 15.6. The van der Waals surface area contributed by atoms with E-state index in [1.807, 2.05) is 112 Å². The van der Waals surface area contributed by atoms with E-state index in [1.54, 1.807) is 0 Å². The van der Waals surface area contributed by atoms with Crippen molar-refractivity contribution >= 4 is 17.1 Å². The maximum absolute atomic E-state index is 5.43. The highest BCUT2D eigenvalue weighted by molar-refractivity contribution is 5.40. The SMILES string of the molecule is Cc1ccc(C)cc1.Cc1ccc(N)cc1.Cc1ccc(N)cc1.Cc1ccc(N)cc1.Cc1ccccc1. The third-order valence-electron chi connectivity index (χ3n) is 5.39. The molecule has 0 aromatic heterocycles. The van der Waals surface area contributed by atoms with Gasteiger partial charge in [-0.2, -0.15) is 0 Å². The Morgan fingerprint density at radius 3 is 0.590 bits per heavy atom. The number of rotatable bonds is 0. The molecule has 0 unspecified atom stereocenters. The van der Waals surface area contributed by atoms with Crippen LogP contribution in [0.1, 0.15) is 33.4 Å². The fraction of sp³-hybridized carbons (Fsp3) is 0.167. The van der Waals surface area contributed by atoms with Crippen molar-refractivity contribution in [3.63, 3.8) is 0 Å². The van der Waals surface area contributed by atoms with E-state index in [-0.39, 0.29) is 0 Å². The molecule has 0 aliphatic rings. The molecule has 0 heterocycles. The zero-order valence-corrected chi connectivity index (χ0v) is 24.4. The second kappa shape index (κ2) is 18.7. The van der Waals surface area contributed by atoms with Gasteiger partial charge in [0.15, 0.2) is 0 Å². The summed E-state index contributed by atoms with van der Waals surface area (Å²) in [5.74, 6) is 0. The van der Waals surface area contributed by atoms with Gasteiger partial charge in [-0.15, -0.1) is 0 Å². The highest BCUT2D eigenvalue weighted by atomic mass is 14.5. The van der Waals surface area contributed by atoms with Crippen molar-refractivity contribution in [3.05, 3.63) is 161 Å². The van der Waals surface area contributed by atoms with E-state index in [4.69, 9.17) is 17.2 Å². The minimum atomic E-state index is 0.829. The lowest BCUT2D eigenvalue weighted by atomic mass is 10.2. The van der Waals surface area contributed by atoms with Gasteiger partial charge in [0.05, 0.1) is 0 Å². The van der Waals surface area contributed by atoms with Crippen LogP contribution < -0.4 is 17.2 Å². The molecule has 0 fully saturated rings. The minimum Gasteiger partial charge on any atom is -0.399 e. The third-order valence-corrected chi connectivity index (χ3v) is 5.39. The van der Waals surface area contributed by atoms with Gasteiger partial charge in [0, 0.05) is 17.1 Å². The van der Waals surface area contributed by atoms with Crippen molar-refractivity contribution in [2.45, 2.75) is 41.5 Å². The molecular formula is C36H45N3. The molecule has 5 rings (SSSR count). The predicted octanol–water partition coefficient (Wildman–Crippen LogP) is 9.03. The highest BCUT2D eigenvalue weighted by Gasteiger charge is 1.82. The largest absolute Gasteiger partial charge is 0.399 e. The van der Waals surface area contributed by atoms with Crippen LogP contribution in [0.4, 0.5) is 17.1 Å². The summed E-state index contributed by atoms with van der Waals surface area (Å²) in [5, 5.41) is 0. The quantitative estimate of drug-likeness (QED) is 0.179. The molecule has 0 amide bonds. The molecule has 5 aromatic carbocycles. The van der Waals surface area contributed by atoms with E-state index in [2.05, 4.69) is 57.2 Å². The maximum atomic E-state index is 5.43. The monoisotopic (exact) mass is 519 g/mol. The molecule has 3 nitrogen and oxygen atoms in total. The van der Waals surface area contributed by atoms with Gasteiger partial charge in [-0.1, -0.05) is 124 Å². The smallest absolute Gasteiger partial charge is 0.0314 e. The minimum absolute atomic E-state index is 0.829. The molecule has 0 spiro atoms. The lowest BCUT2D eigenvalue weighted by molar-refractivity contribution is 1.40. The topological polar surface area (TPSA) is 78.1 Å². The molecular weight excluding hydrogens is 474 g/mol. The maximum Gasteiger partial charge on any atom is 0.0314 e. The Bertz CT molecular complexity index is 1020. The van der Waals surface area contributed by atoms with E-state index < -0.39 is 0 Å². The van der Waals surface area contributed by atoms with Gasteiger partial charge in [-0.05, 0) is 77.9 Å². The average Bonchev–Trinajstić information content (AvgIpc) is 2.93. The molecule has 0 saturated heterocycles. The molecule has 3 heteroatoms. The molecule has 5 aromatic rings. The molecule has 0 radical (unpaired) electrons. The Balaban J connectivity index is 0.000000244. The third kappa shape index (κ3) is 17.6. The van der Waals surface area contributed by atoms with Crippen LogP contribution in [-0.2, 0) is 0 Å². The molecule has 6 N–H and O–H groups in total. The average molecular weight is 520 g/mol. The van der Waals surface area contributed by atoms with Crippen molar-refractivity contribution in [3.8, 4) is 0 Å². The molecule has 0 atom stereocenters. The van der Waals surface area contributed by atoms with Crippen LogP contribution in [0.3, 0.4) is 0 Å². The molecule has 204 valence electrons. The van der Waals surface area contributed by atoms with Gasteiger partial charge in [0.1, 0.15) is 0 Å². The zero-order valence-electron chi connectivity index (χ0n) is 24.4. The van der Waals surface area contributed by atoms with Crippen LogP contribution in [0.2, 0.25) is 0 Å². The van der Waals surface area contributed by atoms with Crippen LogP contribution in [0.25, 0.3) is 0 Å². The van der Waals surface area contributed by atoms with Crippen molar-refractivity contribution in [1.29, 1.82) is 0 Å². The second-order valence-corrected chi connectivity index (χ2v) is 9.54. The van der Waals surface area contributed by atoms with Crippen LogP contribution in [-0.4, -0.2) is 0 Å². The lowest BCUT2D eigenvalue weighted by Crippen LogP contribution is -1.81. The van der Waals surface area contributed by atoms with Gasteiger partial charge in [0.2, 0.25) is 0 Å². The first-order valence-corrected chi connectivity index (χ1v) is 13.1. The van der Waals surface area contributed by atoms with Crippen molar-refractivity contribution < 1.29 is 0 Å². The fourth-order valence-electron chi connectivity index (χ4n) is 2.87. The normalized spacial score (nSPS) is 9.08. The fourth-order valence-corrected chi connectivity index (χ4v) is 2.87. The second-order valence-electron chi connectivity index (χ2n) is 9.54. The summed E-state index contributed by atoms with van der Waals surface area (Å²) in [5.41, 5.74) is 26.5. The van der Waals surface area contributed by atoms with Crippen molar-refractivity contribution in [2.75, 3.05) is 17.2 Å². The molecule has 0 bridgehead atoms. The predicted molar refractivity (Wildman–Crippen MR) is 174 cm³/mol. The van der Waals surface area contributed by atoms with Crippen LogP contribution in [0.15, 0.2) is 127 Å². The summed E-state index contributed by atoms with van der Waals surface area (Å²) in [6.07, 6.45) is 0. The first-order valence-electron chi connectivity index (χ1n) is 13.1. The lowest BCUT2D eigenvalue weighted by Gasteiger charge is -1.90. The number of aryl methyl sites for hydroxylation is 6. The van der Waals surface area contributed by atoms with E-state index >= 15 is 0 Å². The summed E-state index contributed by atoms with van der Waals surface area (Å²) >= 11 is 0. The zero-order chi connectivity index (χ0) is 29.0. The van der Waals surface area contributed by atoms with E-state index in [0.29, 0.717) is 0 Å². The number of nitrogens with two attached hydrogens (primary N) is 3. The van der Waals surface area contributed by atoms with E-state index in [9.17, 15) is 0 Å². The highest BCUT2D eigenvalue weighted by Crippen LogP contribution is 2.04. The van der Waals surface area contributed by atoms with Gasteiger partial charge >= 0.3 is 0 Å². The molecule has 39 heavy (non-hydrogen) atoms. The number of hydrogen-bond acceptors (Lipinski definition) is 3. The Hall–Kier alpha value is -4.50. The first-order chi connectivity index (χ1) is 18.5. The van der Waals surface area contributed by atoms with Crippen molar-refractivity contribution in [2.24, 2.45) is 0 Å². The molecule has 0 aliphatic heterocycles. The summed E-state index contributed by atoms with van der Waals surface area (Å²) in [6, 6.07) is 42.1. The van der Waals surface area contributed by atoms with Gasteiger partial charge in [-0.25, -0.2) is 0 Å². The Morgan fingerprint density at radius 1 is 0.256 bits per heavy atom. The summed E-state index contributed by atoms with van der Waals surface area (Å²) in [4.78, 5) is 0. The summed E-state index contributed by atoms with van der Waals surface area (Å²) in [6.45, 7) is 12.4. The number of benzene rings is 5. The van der Waals surface area contributed by atoms with Gasteiger partial charge in [-0.3, -0.25) is 0 Å².